The lowest BCUT2D eigenvalue weighted by Crippen LogP contribution is -2.50. The summed E-state index contributed by atoms with van der Waals surface area (Å²) in [5.74, 6) is -1.36. The Morgan fingerprint density at radius 3 is 2.76 bits per heavy atom. The molecule has 0 aliphatic carbocycles. The second-order valence-electron chi connectivity index (χ2n) is 8.56. The Morgan fingerprint density at radius 1 is 1.28 bits per heavy atom. The van der Waals surface area contributed by atoms with Gasteiger partial charge in [-0.1, -0.05) is 42.0 Å². The number of ether oxygens (including phenoxy) is 1. The molecule has 4 heterocycles. The first kappa shape index (κ1) is 18.8. The number of hydrogen-bond acceptors (Lipinski definition) is 5. The highest BCUT2D eigenvalue weighted by atomic mass is 32.2. The zero-order chi connectivity index (χ0) is 20.4. The van der Waals surface area contributed by atoms with Gasteiger partial charge < -0.3 is 14.5 Å². The number of carbonyl (C=O) groups excluding carboxylic acids is 2. The molecule has 4 aliphatic rings. The van der Waals surface area contributed by atoms with Gasteiger partial charge in [0.1, 0.15) is 5.60 Å². The number of benzene rings is 1. The van der Waals surface area contributed by atoms with E-state index in [4.69, 9.17) is 4.74 Å². The number of likely N-dealkylation sites (tertiary alicyclic amines) is 1. The molecule has 0 radical (unpaired) electrons. The summed E-state index contributed by atoms with van der Waals surface area (Å²) >= 11 is 0. The van der Waals surface area contributed by atoms with Gasteiger partial charge in [0, 0.05) is 19.6 Å². The van der Waals surface area contributed by atoms with Gasteiger partial charge in [0.2, 0.25) is 11.8 Å². The van der Waals surface area contributed by atoms with Crippen LogP contribution < -0.4 is 0 Å². The minimum atomic E-state index is -3.07. The van der Waals surface area contributed by atoms with Crippen molar-refractivity contribution in [3.05, 3.63) is 47.5 Å². The fourth-order valence-corrected chi connectivity index (χ4v) is 6.37. The number of nitrogens with zero attached hydrogens (tertiary/aromatic N) is 2. The van der Waals surface area contributed by atoms with Crippen molar-refractivity contribution in [3.63, 3.8) is 0 Å². The molecule has 1 aromatic carbocycles. The van der Waals surface area contributed by atoms with Crippen molar-refractivity contribution in [2.45, 2.75) is 25.2 Å². The predicted octanol–water partition coefficient (Wildman–Crippen LogP) is 0.534. The molecule has 0 aromatic heterocycles. The number of carbonyl (C=O) groups is 2. The molecular formula is C21H24N2O5S. The Kier molecular flexibility index (Phi) is 4.15. The first-order chi connectivity index (χ1) is 13.8. The van der Waals surface area contributed by atoms with E-state index < -0.39 is 33.4 Å². The summed E-state index contributed by atoms with van der Waals surface area (Å²) in [5, 5.41) is 0. The Bertz CT molecular complexity index is 1010. The van der Waals surface area contributed by atoms with Gasteiger partial charge in [-0.15, -0.1) is 0 Å². The average molecular weight is 416 g/mol. The van der Waals surface area contributed by atoms with Crippen molar-refractivity contribution in [2.75, 3.05) is 31.1 Å². The molecule has 4 aliphatic heterocycles. The summed E-state index contributed by atoms with van der Waals surface area (Å²) in [7, 11) is -3.07. The predicted molar refractivity (Wildman–Crippen MR) is 106 cm³/mol. The van der Waals surface area contributed by atoms with Crippen LogP contribution in [0.2, 0.25) is 0 Å². The molecule has 154 valence electrons. The zero-order valence-corrected chi connectivity index (χ0v) is 17.1. The monoisotopic (exact) mass is 416 g/mol. The van der Waals surface area contributed by atoms with Crippen LogP contribution in [0.5, 0.6) is 0 Å². The van der Waals surface area contributed by atoms with E-state index >= 15 is 0 Å². The van der Waals surface area contributed by atoms with Crippen LogP contribution in [0.25, 0.3) is 0 Å². The minimum absolute atomic E-state index is 0.0178. The van der Waals surface area contributed by atoms with E-state index in [1.54, 1.807) is 9.80 Å². The molecule has 1 aromatic rings. The molecule has 2 amide bonds. The summed E-state index contributed by atoms with van der Waals surface area (Å²) < 4.78 is 29.6. The van der Waals surface area contributed by atoms with Crippen LogP contribution in [-0.4, -0.2) is 72.9 Å². The SMILES string of the molecule is Cc1cccc(CN2C[C@]34C=C[C@H](O3)[C@@H](C(=O)N3CCS(=O)(=O)CC3)[C@H]4C2=O)c1. The molecule has 4 atom stereocenters. The number of fused-ring (bicyclic) bond motifs is 1. The smallest absolute Gasteiger partial charge is 0.230 e. The lowest BCUT2D eigenvalue weighted by Gasteiger charge is -2.32. The summed E-state index contributed by atoms with van der Waals surface area (Å²) in [6, 6.07) is 8.05. The van der Waals surface area contributed by atoms with Crippen LogP contribution in [-0.2, 0) is 30.7 Å². The molecule has 5 rings (SSSR count). The fraction of sp³-hybridized carbons (Fsp3) is 0.524. The fourth-order valence-electron chi connectivity index (χ4n) is 5.17. The molecule has 3 fully saturated rings. The Labute approximate surface area is 170 Å². The first-order valence-corrected chi connectivity index (χ1v) is 11.8. The number of rotatable bonds is 3. The largest absolute Gasteiger partial charge is 0.360 e. The number of aryl methyl sites for hydroxylation is 1. The summed E-state index contributed by atoms with van der Waals surface area (Å²) in [5.41, 5.74) is 1.45. The van der Waals surface area contributed by atoms with Gasteiger partial charge in [0.05, 0.1) is 36.0 Å². The van der Waals surface area contributed by atoms with Crippen molar-refractivity contribution < 1.29 is 22.7 Å². The first-order valence-electron chi connectivity index (χ1n) is 9.99. The topological polar surface area (TPSA) is 84.0 Å². The van der Waals surface area contributed by atoms with E-state index in [1.807, 2.05) is 37.3 Å². The third-order valence-corrected chi connectivity index (χ3v) is 8.19. The number of amides is 2. The van der Waals surface area contributed by atoms with E-state index in [0.29, 0.717) is 13.1 Å². The molecule has 29 heavy (non-hydrogen) atoms. The highest BCUT2D eigenvalue weighted by Gasteiger charge is 2.67. The van der Waals surface area contributed by atoms with Gasteiger partial charge in [-0.05, 0) is 12.5 Å². The molecular weight excluding hydrogens is 392 g/mol. The van der Waals surface area contributed by atoms with Crippen molar-refractivity contribution in [3.8, 4) is 0 Å². The van der Waals surface area contributed by atoms with Crippen LogP contribution in [0.1, 0.15) is 11.1 Å². The zero-order valence-electron chi connectivity index (χ0n) is 16.3. The maximum Gasteiger partial charge on any atom is 0.230 e. The third kappa shape index (κ3) is 3.00. The van der Waals surface area contributed by atoms with Gasteiger partial charge in [0.15, 0.2) is 9.84 Å². The normalized spacial score (nSPS) is 34.7. The van der Waals surface area contributed by atoms with Gasteiger partial charge in [-0.3, -0.25) is 9.59 Å². The lowest BCUT2D eigenvalue weighted by molar-refractivity contribution is -0.143. The molecule has 0 saturated carbocycles. The number of hydrogen-bond donors (Lipinski definition) is 0. The Balaban J connectivity index is 1.37. The molecule has 2 bridgehead atoms. The molecule has 3 saturated heterocycles. The maximum atomic E-state index is 13.3. The van der Waals surface area contributed by atoms with E-state index in [2.05, 4.69) is 6.07 Å². The van der Waals surface area contributed by atoms with Gasteiger partial charge in [-0.2, -0.15) is 0 Å². The highest BCUT2D eigenvalue weighted by Crippen LogP contribution is 2.52. The standard InChI is InChI=1S/C21H24N2O5S/c1-14-3-2-4-15(11-14)12-23-13-21-6-5-16(28-21)17(18(21)20(23)25)19(24)22-7-9-29(26,27)10-8-22/h2-6,11,16-18H,7-10,12-13H2,1H3/t16-,17+,18-,21-/m0/s1. The van der Waals surface area contributed by atoms with E-state index in [9.17, 15) is 18.0 Å². The molecule has 1 spiro atoms. The van der Waals surface area contributed by atoms with E-state index in [0.717, 1.165) is 11.1 Å². The molecule has 0 N–H and O–H groups in total. The second-order valence-corrected chi connectivity index (χ2v) is 10.9. The number of sulfone groups is 1. The van der Waals surface area contributed by atoms with Gasteiger partial charge >= 0.3 is 0 Å². The summed E-state index contributed by atoms with van der Waals surface area (Å²) in [6.07, 6.45) is 3.43. The van der Waals surface area contributed by atoms with Crippen LogP contribution in [0.3, 0.4) is 0 Å². The lowest BCUT2D eigenvalue weighted by atomic mass is 9.76. The van der Waals surface area contributed by atoms with Crippen molar-refractivity contribution in [1.82, 2.24) is 9.80 Å². The average Bonchev–Trinajstić information content (AvgIpc) is 3.30. The van der Waals surface area contributed by atoms with Crippen LogP contribution in [0.15, 0.2) is 36.4 Å². The quantitative estimate of drug-likeness (QED) is 0.672. The van der Waals surface area contributed by atoms with E-state index in [1.165, 1.54) is 0 Å². The Hall–Kier alpha value is -2.19. The van der Waals surface area contributed by atoms with Crippen molar-refractivity contribution in [1.29, 1.82) is 0 Å². The Morgan fingerprint density at radius 2 is 2.03 bits per heavy atom. The maximum absolute atomic E-state index is 13.3. The van der Waals surface area contributed by atoms with Crippen LogP contribution in [0, 0.1) is 18.8 Å². The molecule has 7 nitrogen and oxygen atoms in total. The summed E-state index contributed by atoms with van der Waals surface area (Å²) in [6.45, 7) is 3.33. The van der Waals surface area contributed by atoms with Crippen molar-refractivity contribution in [2.24, 2.45) is 11.8 Å². The van der Waals surface area contributed by atoms with Crippen LogP contribution in [0.4, 0.5) is 0 Å². The second kappa shape index (κ2) is 6.40. The van der Waals surface area contributed by atoms with Gasteiger partial charge in [0.25, 0.3) is 0 Å². The summed E-state index contributed by atoms with van der Waals surface area (Å²) in [4.78, 5) is 29.9. The molecule has 0 unspecified atom stereocenters. The highest BCUT2D eigenvalue weighted by molar-refractivity contribution is 7.91. The van der Waals surface area contributed by atoms with Crippen LogP contribution >= 0.6 is 0 Å². The van der Waals surface area contributed by atoms with E-state index in [-0.39, 0.29) is 36.4 Å². The third-order valence-electron chi connectivity index (χ3n) is 6.58. The van der Waals surface area contributed by atoms with Crippen molar-refractivity contribution >= 4 is 21.7 Å². The minimum Gasteiger partial charge on any atom is -0.360 e. The molecule has 8 heteroatoms. The van der Waals surface area contributed by atoms with Gasteiger partial charge in [-0.25, -0.2) is 8.42 Å².